The number of rotatable bonds is 5. The SMILES string of the molecule is CC(Oc1ccc2nc(-c3ccc(OC(N)=O)cc3)sc2c1)c1ccccc1. The van der Waals surface area contributed by atoms with Crippen LogP contribution in [0.2, 0.25) is 0 Å². The van der Waals surface area contributed by atoms with Crippen molar-refractivity contribution in [2.45, 2.75) is 13.0 Å². The number of carbonyl (C=O) groups is 1. The molecule has 1 atom stereocenters. The number of amides is 1. The van der Waals surface area contributed by atoms with Gasteiger partial charge in [0.25, 0.3) is 0 Å². The molecule has 5 nitrogen and oxygen atoms in total. The van der Waals surface area contributed by atoms with E-state index in [0.717, 1.165) is 32.1 Å². The van der Waals surface area contributed by atoms with Crippen molar-refractivity contribution in [1.29, 1.82) is 0 Å². The molecule has 140 valence electrons. The molecule has 1 amide bonds. The number of thiazole rings is 1. The lowest BCUT2D eigenvalue weighted by Crippen LogP contribution is -2.16. The standard InChI is InChI=1S/C22H18N2O3S/c1-14(15-5-3-2-4-6-15)26-18-11-12-19-20(13-18)28-21(24-19)16-7-9-17(10-8-16)27-22(23)25/h2-14H,1H3,(H2,23,25). The van der Waals surface area contributed by atoms with E-state index in [1.54, 1.807) is 23.5 Å². The molecular weight excluding hydrogens is 372 g/mol. The molecular formula is C22H18N2O3S. The Labute approximate surface area is 166 Å². The monoisotopic (exact) mass is 390 g/mol. The summed E-state index contributed by atoms with van der Waals surface area (Å²) in [5.74, 6) is 1.22. The van der Waals surface area contributed by atoms with Crippen LogP contribution in [0.15, 0.2) is 72.8 Å². The molecule has 0 aliphatic rings. The van der Waals surface area contributed by atoms with Crippen molar-refractivity contribution in [3.63, 3.8) is 0 Å². The predicted molar refractivity (Wildman–Crippen MR) is 111 cm³/mol. The molecule has 28 heavy (non-hydrogen) atoms. The summed E-state index contributed by atoms with van der Waals surface area (Å²) in [5, 5.41) is 0.883. The number of carbonyl (C=O) groups excluding carboxylic acids is 1. The van der Waals surface area contributed by atoms with Crippen molar-refractivity contribution in [2.75, 3.05) is 0 Å². The Morgan fingerprint density at radius 3 is 2.43 bits per heavy atom. The van der Waals surface area contributed by atoms with Crippen molar-refractivity contribution in [3.8, 4) is 22.1 Å². The van der Waals surface area contributed by atoms with Crippen molar-refractivity contribution in [3.05, 3.63) is 78.4 Å². The summed E-state index contributed by atoms with van der Waals surface area (Å²) in [6.45, 7) is 2.04. The van der Waals surface area contributed by atoms with E-state index in [-0.39, 0.29) is 6.10 Å². The highest BCUT2D eigenvalue weighted by atomic mass is 32.1. The number of nitrogens with zero attached hydrogens (tertiary/aromatic N) is 1. The lowest BCUT2D eigenvalue weighted by atomic mass is 10.1. The number of nitrogens with two attached hydrogens (primary N) is 1. The number of primary amides is 1. The molecule has 0 saturated carbocycles. The average molecular weight is 390 g/mol. The quantitative estimate of drug-likeness (QED) is 0.484. The van der Waals surface area contributed by atoms with Crippen molar-refractivity contribution >= 4 is 27.6 Å². The molecule has 2 N–H and O–H groups in total. The highest BCUT2D eigenvalue weighted by Crippen LogP contribution is 2.34. The zero-order valence-corrected chi connectivity index (χ0v) is 16.0. The zero-order chi connectivity index (χ0) is 19.5. The summed E-state index contributed by atoms with van der Waals surface area (Å²) >= 11 is 1.58. The molecule has 1 aromatic heterocycles. The minimum absolute atomic E-state index is 0.0381. The van der Waals surface area contributed by atoms with Crippen LogP contribution in [0.1, 0.15) is 18.6 Å². The molecule has 4 rings (SSSR count). The van der Waals surface area contributed by atoms with Gasteiger partial charge >= 0.3 is 6.09 Å². The van der Waals surface area contributed by atoms with E-state index in [2.05, 4.69) is 17.1 Å². The first-order chi connectivity index (χ1) is 13.6. The normalized spacial score (nSPS) is 11.9. The summed E-state index contributed by atoms with van der Waals surface area (Å²) in [4.78, 5) is 15.5. The highest BCUT2D eigenvalue weighted by Gasteiger charge is 2.11. The third-order valence-electron chi connectivity index (χ3n) is 4.26. The van der Waals surface area contributed by atoms with Gasteiger partial charge in [0, 0.05) is 5.56 Å². The number of hydrogen-bond acceptors (Lipinski definition) is 5. The molecule has 0 bridgehead atoms. The Balaban J connectivity index is 1.55. The third kappa shape index (κ3) is 3.97. The van der Waals surface area contributed by atoms with Gasteiger partial charge < -0.3 is 15.2 Å². The first kappa shape index (κ1) is 18.0. The predicted octanol–water partition coefficient (Wildman–Crippen LogP) is 5.56. The van der Waals surface area contributed by atoms with Gasteiger partial charge in [-0.15, -0.1) is 11.3 Å². The summed E-state index contributed by atoms with van der Waals surface area (Å²) in [7, 11) is 0. The van der Waals surface area contributed by atoms with E-state index in [9.17, 15) is 4.79 Å². The smallest absolute Gasteiger partial charge is 0.409 e. The number of fused-ring (bicyclic) bond motifs is 1. The Kier molecular flexibility index (Phi) is 4.95. The van der Waals surface area contributed by atoms with Crippen LogP contribution in [0.5, 0.6) is 11.5 Å². The Hall–Kier alpha value is -3.38. The van der Waals surface area contributed by atoms with E-state index in [1.165, 1.54) is 0 Å². The van der Waals surface area contributed by atoms with Crippen LogP contribution in [0.25, 0.3) is 20.8 Å². The first-order valence-corrected chi connectivity index (χ1v) is 9.60. The lowest BCUT2D eigenvalue weighted by Gasteiger charge is -2.14. The van der Waals surface area contributed by atoms with Crippen LogP contribution in [0.3, 0.4) is 0 Å². The summed E-state index contributed by atoms with van der Waals surface area (Å²) in [6, 6.07) is 23.1. The zero-order valence-electron chi connectivity index (χ0n) is 15.2. The lowest BCUT2D eigenvalue weighted by molar-refractivity contribution is 0.211. The molecule has 0 aliphatic heterocycles. The number of aromatic nitrogens is 1. The van der Waals surface area contributed by atoms with Gasteiger partial charge in [0.05, 0.1) is 10.2 Å². The van der Waals surface area contributed by atoms with E-state index in [1.807, 2.05) is 55.5 Å². The largest absolute Gasteiger partial charge is 0.486 e. The van der Waals surface area contributed by atoms with Gasteiger partial charge in [-0.05, 0) is 55.0 Å². The van der Waals surface area contributed by atoms with Gasteiger partial charge in [-0.25, -0.2) is 9.78 Å². The average Bonchev–Trinajstić information content (AvgIpc) is 3.12. The van der Waals surface area contributed by atoms with Crippen LogP contribution in [-0.2, 0) is 0 Å². The maximum absolute atomic E-state index is 10.8. The molecule has 0 spiro atoms. The first-order valence-electron chi connectivity index (χ1n) is 8.78. The second kappa shape index (κ2) is 7.70. The second-order valence-electron chi connectivity index (χ2n) is 6.26. The fourth-order valence-electron chi connectivity index (χ4n) is 2.88. The molecule has 1 unspecified atom stereocenters. The summed E-state index contributed by atoms with van der Waals surface area (Å²) in [5.41, 5.74) is 8.01. The van der Waals surface area contributed by atoms with Crippen molar-refractivity contribution in [1.82, 2.24) is 4.98 Å². The van der Waals surface area contributed by atoms with E-state index >= 15 is 0 Å². The van der Waals surface area contributed by atoms with E-state index in [0.29, 0.717) is 5.75 Å². The van der Waals surface area contributed by atoms with Crippen LogP contribution < -0.4 is 15.2 Å². The van der Waals surface area contributed by atoms with Gasteiger partial charge in [-0.2, -0.15) is 0 Å². The third-order valence-corrected chi connectivity index (χ3v) is 5.33. The molecule has 3 aromatic carbocycles. The summed E-state index contributed by atoms with van der Waals surface area (Å²) < 4.78 is 12.0. The Bertz CT molecular complexity index is 1110. The molecule has 0 fully saturated rings. The second-order valence-corrected chi connectivity index (χ2v) is 7.30. The number of ether oxygens (including phenoxy) is 2. The minimum atomic E-state index is -0.829. The molecule has 0 aliphatic carbocycles. The maximum Gasteiger partial charge on any atom is 0.409 e. The highest BCUT2D eigenvalue weighted by molar-refractivity contribution is 7.21. The van der Waals surface area contributed by atoms with Crippen molar-refractivity contribution in [2.24, 2.45) is 5.73 Å². The fraction of sp³-hybridized carbons (Fsp3) is 0.0909. The van der Waals surface area contributed by atoms with Gasteiger partial charge in [0.1, 0.15) is 22.6 Å². The van der Waals surface area contributed by atoms with Crippen molar-refractivity contribution < 1.29 is 14.3 Å². The molecule has 0 radical (unpaired) electrons. The van der Waals surface area contributed by atoms with Crippen LogP contribution >= 0.6 is 11.3 Å². The topological polar surface area (TPSA) is 74.4 Å². The van der Waals surface area contributed by atoms with Crippen LogP contribution in [0, 0.1) is 0 Å². The minimum Gasteiger partial charge on any atom is -0.486 e. The molecule has 6 heteroatoms. The Morgan fingerprint density at radius 2 is 1.71 bits per heavy atom. The number of hydrogen-bond donors (Lipinski definition) is 1. The van der Waals surface area contributed by atoms with Crippen LogP contribution in [-0.4, -0.2) is 11.1 Å². The molecule has 0 saturated heterocycles. The van der Waals surface area contributed by atoms with Gasteiger partial charge in [-0.3, -0.25) is 0 Å². The molecule has 4 aromatic rings. The van der Waals surface area contributed by atoms with Crippen LogP contribution in [0.4, 0.5) is 4.79 Å². The summed E-state index contributed by atoms with van der Waals surface area (Å²) in [6.07, 6.45) is -0.867. The molecule has 1 heterocycles. The Morgan fingerprint density at radius 1 is 1.00 bits per heavy atom. The fourth-order valence-corrected chi connectivity index (χ4v) is 3.88. The maximum atomic E-state index is 10.8. The van der Waals surface area contributed by atoms with E-state index in [4.69, 9.17) is 15.2 Å². The van der Waals surface area contributed by atoms with Gasteiger partial charge in [0.2, 0.25) is 0 Å². The number of benzene rings is 3. The van der Waals surface area contributed by atoms with E-state index < -0.39 is 6.09 Å². The van der Waals surface area contributed by atoms with Gasteiger partial charge in [-0.1, -0.05) is 30.3 Å². The van der Waals surface area contributed by atoms with Gasteiger partial charge in [0.15, 0.2) is 0 Å².